The van der Waals surface area contributed by atoms with Crippen LogP contribution in [0.1, 0.15) is 33.0 Å². The molecule has 88 valence electrons. The number of benzene rings is 1. The van der Waals surface area contributed by atoms with Crippen LogP contribution in [0.15, 0.2) is 34.7 Å². The van der Waals surface area contributed by atoms with E-state index >= 15 is 0 Å². The van der Waals surface area contributed by atoms with E-state index in [0.717, 1.165) is 11.3 Å². The number of hydrogen-bond donors (Lipinski definition) is 0. The van der Waals surface area contributed by atoms with Crippen molar-refractivity contribution in [3.05, 3.63) is 58.5 Å². The normalized spacial score (nSPS) is 10.5. The summed E-state index contributed by atoms with van der Waals surface area (Å²) in [5.74, 6) is 1.61. The second-order valence-electron chi connectivity index (χ2n) is 4.41. The maximum atomic E-state index is 12.1. The van der Waals surface area contributed by atoms with E-state index in [2.05, 4.69) is 0 Å². The van der Waals surface area contributed by atoms with Crippen LogP contribution >= 0.6 is 0 Å². The topological polar surface area (TPSA) is 30.2 Å². The molecule has 2 rings (SSSR count). The van der Waals surface area contributed by atoms with Crippen molar-refractivity contribution in [1.82, 2.24) is 0 Å². The highest BCUT2D eigenvalue weighted by atomic mass is 16.3. The Morgan fingerprint density at radius 3 is 2.29 bits per heavy atom. The average Bonchev–Trinajstić information content (AvgIpc) is 2.61. The van der Waals surface area contributed by atoms with Crippen molar-refractivity contribution < 1.29 is 9.21 Å². The van der Waals surface area contributed by atoms with Gasteiger partial charge in [0.05, 0.1) is 5.56 Å². The molecule has 0 radical (unpaired) electrons. The summed E-state index contributed by atoms with van der Waals surface area (Å²) in [6, 6.07) is 9.85. The first kappa shape index (κ1) is 11.6. The minimum atomic E-state index is 0.114. The average molecular weight is 228 g/mol. The highest BCUT2D eigenvalue weighted by molar-refractivity contribution is 5.98. The summed E-state index contributed by atoms with van der Waals surface area (Å²) in [6.07, 6.45) is 0.431. The third-order valence-corrected chi connectivity index (χ3v) is 2.83. The van der Waals surface area contributed by atoms with E-state index in [9.17, 15) is 4.79 Å². The quantitative estimate of drug-likeness (QED) is 0.751. The second kappa shape index (κ2) is 4.58. The van der Waals surface area contributed by atoms with Gasteiger partial charge in [0.15, 0.2) is 5.78 Å². The number of furan rings is 1. The number of hydrogen-bond acceptors (Lipinski definition) is 2. The van der Waals surface area contributed by atoms with Crippen LogP contribution in [0.25, 0.3) is 0 Å². The Kier molecular flexibility index (Phi) is 3.14. The second-order valence-corrected chi connectivity index (χ2v) is 4.41. The molecule has 0 saturated heterocycles. The molecule has 2 heteroatoms. The summed E-state index contributed by atoms with van der Waals surface area (Å²) in [5.41, 5.74) is 2.94. The number of rotatable bonds is 3. The molecule has 0 aliphatic carbocycles. The van der Waals surface area contributed by atoms with E-state index in [4.69, 9.17) is 4.42 Å². The van der Waals surface area contributed by atoms with Gasteiger partial charge in [-0.15, -0.1) is 0 Å². The molecular weight excluding hydrogens is 212 g/mol. The first-order chi connectivity index (χ1) is 8.06. The zero-order valence-corrected chi connectivity index (χ0v) is 10.4. The molecule has 0 N–H and O–H groups in total. The lowest BCUT2D eigenvalue weighted by atomic mass is 10.0. The van der Waals surface area contributed by atoms with Crippen molar-refractivity contribution in [2.75, 3.05) is 0 Å². The molecule has 0 unspecified atom stereocenters. The van der Waals surface area contributed by atoms with Gasteiger partial charge in [-0.25, -0.2) is 0 Å². The van der Waals surface area contributed by atoms with Crippen LogP contribution in [-0.4, -0.2) is 5.78 Å². The lowest BCUT2D eigenvalue weighted by molar-refractivity contribution is 0.0991. The molecular formula is C15H16O2. The Balaban J connectivity index is 2.17. The summed E-state index contributed by atoms with van der Waals surface area (Å²) < 4.78 is 5.37. The van der Waals surface area contributed by atoms with Crippen LogP contribution < -0.4 is 0 Å². The minimum absolute atomic E-state index is 0.114. The molecule has 2 aromatic rings. The fourth-order valence-corrected chi connectivity index (χ4v) is 1.89. The third-order valence-electron chi connectivity index (χ3n) is 2.83. The predicted molar refractivity (Wildman–Crippen MR) is 67.4 cm³/mol. The van der Waals surface area contributed by atoms with Crippen LogP contribution in [0, 0.1) is 20.8 Å². The number of Topliss-reactive ketones (excluding diaryl/α,β-unsaturated/α-hetero) is 1. The zero-order valence-electron chi connectivity index (χ0n) is 10.4. The van der Waals surface area contributed by atoms with Crippen molar-refractivity contribution in [3.8, 4) is 0 Å². The largest absolute Gasteiger partial charge is 0.466 e. The summed E-state index contributed by atoms with van der Waals surface area (Å²) in [5, 5.41) is 0. The number of aryl methyl sites for hydroxylation is 3. The van der Waals surface area contributed by atoms with Crippen LogP contribution in [0.2, 0.25) is 0 Å². The summed E-state index contributed by atoms with van der Waals surface area (Å²) in [4.78, 5) is 12.1. The van der Waals surface area contributed by atoms with E-state index in [1.165, 1.54) is 5.56 Å². The lowest BCUT2D eigenvalue weighted by Gasteiger charge is -2.00. The van der Waals surface area contributed by atoms with Gasteiger partial charge in [-0.3, -0.25) is 4.79 Å². The number of carbonyl (C=O) groups excluding carboxylic acids is 1. The molecule has 17 heavy (non-hydrogen) atoms. The number of ketones is 1. The van der Waals surface area contributed by atoms with Gasteiger partial charge >= 0.3 is 0 Å². The van der Waals surface area contributed by atoms with Crippen molar-refractivity contribution in [1.29, 1.82) is 0 Å². The van der Waals surface area contributed by atoms with Gasteiger partial charge < -0.3 is 4.42 Å². The molecule has 0 saturated carbocycles. The molecule has 0 spiro atoms. The summed E-state index contributed by atoms with van der Waals surface area (Å²) in [7, 11) is 0. The highest BCUT2D eigenvalue weighted by Crippen LogP contribution is 2.16. The fraction of sp³-hybridized carbons (Fsp3) is 0.267. The fourth-order valence-electron chi connectivity index (χ4n) is 1.89. The van der Waals surface area contributed by atoms with Gasteiger partial charge in [-0.05, 0) is 32.4 Å². The maximum absolute atomic E-state index is 12.1. The molecule has 0 bridgehead atoms. The van der Waals surface area contributed by atoms with Gasteiger partial charge in [0, 0.05) is 6.42 Å². The van der Waals surface area contributed by atoms with Crippen molar-refractivity contribution in [3.63, 3.8) is 0 Å². The monoisotopic (exact) mass is 228 g/mol. The summed E-state index contributed by atoms with van der Waals surface area (Å²) >= 11 is 0. The van der Waals surface area contributed by atoms with Gasteiger partial charge in [-0.1, -0.05) is 29.8 Å². The molecule has 1 aromatic carbocycles. The third kappa shape index (κ3) is 2.64. The van der Waals surface area contributed by atoms with Crippen molar-refractivity contribution in [2.24, 2.45) is 0 Å². The standard InChI is InChI=1S/C15H16O2/c1-10-4-6-13(7-5-10)9-15(16)14-8-11(2)17-12(14)3/h4-8H,9H2,1-3H3. The van der Waals surface area contributed by atoms with Gasteiger partial charge in [0.25, 0.3) is 0 Å². The molecule has 0 atom stereocenters. The van der Waals surface area contributed by atoms with E-state index in [1.807, 2.05) is 51.1 Å². The van der Waals surface area contributed by atoms with E-state index in [-0.39, 0.29) is 5.78 Å². The SMILES string of the molecule is Cc1ccc(CC(=O)c2cc(C)oc2C)cc1. The molecule has 0 fully saturated rings. The van der Waals surface area contributed by atoms with Crippen LogP contribution in [0.3, 0.4) is 0 Å². The van der Waals surface area contributed by atoms with Crippen molar-refractivity contribution >= 4 is 5.78 Å². The van der Waals surface area contributed by atoms with Crippen LogP contribution in [-0.2, 0) is 6.42 Å². The molecule has 0 aliphatic rings. The highest BCUT2D eigenvalue weighted by Gasteiger charge is 2.13. The molecule has 2 nitrogen and oxygen atoms in total. The predicted octanol–water partition coefficient (Wildman–Crippen LogP) is 3.63. The first-order valence-electron chi connectivity index (χ1n) is 5.72. The molecule has 1 aromatic heterocycles. The van der Waals surface area contributed by atoms with Crippen LogP contribution in [0.4, 0.5) is 0 Å². The minimum Gasteiger partial charge on any atom is -0.466 e. The van der Waals surface area contributed by atoms with Gasteiger partial charge in [0.2, 0.25) is 0 Å². The van der Waals surface area contributed by atoms with Crippen LogP contribution in [0.5, 0.6) is 0 Å². The van der Waals surface area contributed by atoms with E-state index in [0.29, 0.717) is 17.7 Å². The lowest BCUT2D eigenvalue weighted by Crippen LogP contribution is -2.03. The van der Waals surface area contributed by atoms with E-state index in [1.54, 1.807) is 0 Å². The van der Waals surface area contributed by atoms with Gasteiger partial charge in [-0.2, -0.15) is 0 Å². The van der Waals surface area contributed by atoms with E-state index < -0.39 is 0 Å². The Bertz CT molecular complexity index is 533. The number of carbonyl (C=O) groups is 1. The smallest absolute Gasteiger partial charge is 0.170 e. The maximum Gasteiger partial charge on any atom is 0.170 e. The Morgan fingerprint density at radius 2 is 1.76 bits per heavy atom. The Morgan fingerprint density at radius 1 is 1.12 bits per heavy atom. The molecule has 1 heterocycles. The van der Waals surface area contributed by atoms with Gasteiger partial charge in [0.1, 0.15) is 11.5 Å². The molecule has 0 amide bonds. The Labute approximate surface area is 101 Å². The summed E-state index contributed by atoms with van der Waals surface area (Å²) in [6.45, 7) is 5.72. The van der Waals surface area contributed by atoms with Crippen molar-refractivity contribution in [2.45, 2.75) is 27.2 Å². The first-order valence-corrected chi connectivity index (χ1v) is 5.72. The zero-order chi connectivity index (χ0) is 12.4. The molecule has 0 aliphatic heterocycles. The Hall–Kier alpha value is -1.83.